The van der Waals surface area contributed by atoms with Crippen molar-refractivity contribution in [2.45, 2.75) is 45.4 Å². The van der Waals surface area contributed by atoms with Crippen LogP contribution in [0.2, 0.25) is 0 Å². The van der Waals surface area contributed by atoms with Gasteiger partial charge in [-0.3, -0.25) is 4.79 Å². The van der Waals surface area contributed by atoms with E-state index in [9.17, 15) is 4.79 Å². The predicted octanol–water partition coefficient (Wildman–Crippen LogP) is 2.60. The number of carbonyl (C=O) groups is 1. The normalized spacial score (nSPS) is 19.2. The Morgan fingerprint density at radius 1 is 1.39 bits per heavy atom. The highest BCUT2D eigenvalue weighted by Gasteiger charge is 2.29. The Balaban J connectivity index is 2.06. The van der Waals surface area contributed by atoms with Gasteiger partial charge in [-0.1, -0.05) is 30.3 Å². The number of hydrogen-bond acceptors (Lipinski definition) is 2. The Bertz CT molecular complexity index is 383. The molecule has 3 heteroatoms. The van der Waals surface area contributed by atoms with E-state index in [0.717, 1.165) is 18.4 Å². The molecule has 1 amide bonds. The fourth-order valence-electron chi connectivity index (χ4n) is 2.25. The standard InChI is InChI=1S/C15H21NO2/c1-12(2)16(11-13-7-4-3-5-8-13)15(17)14-9-6-10-18-14/h3-5,7-8,12,14H,6,9-11H2,1-2H3. The highest BCUT2D eigenvalue weighted by Crippen LogP contribution is 2.18. The summed E-state index contributed by atoms with van der Waals surface area (Å²) in [5.74, 6) is 0.131. The topological polar surface area (TPSA) is 29.5 Å². The van der Waals surface area contributed by atoms with E-state index in [1.807, 2.05) is 23.1 Å². The van der Waals surface area contributed by atoms with Gasteiger partial charge in [0, 0.05) is 19.2 Å². The number of nitrogens with zero attached hydrogens (tertiary/aromatic N) is 1. The fraction of sp³-hybridized carbons (Fsp3) is 0.533. The SMILES string of the molecule is CC(C)N(Cc1ccccc1)C(=O)C1CCCO1. The molecule has 1 saturated heterocycles. The first kappa shape index (κ1) is 13.1. The third kappa shape index (κ3) is 3.10. The molecule has 1 aromatic carbocycles. The van der Waals surface area contributed by atoms with Crippen LogP contribution >= 0.6 is 0 Å². The zero-order valence-electron chi connectivity index (χ0n) is 11.1. The van der Waals surface area contributed by atoms with Crippen LogP contribution in [-0.2, 0) is 16.1 Å². The van der Waals surface area contributed by atoms with E-state index in [0.29, 0.717) is 13.2 Å². The highest BCUT2D eigenvalue weighted by molar-refractivity contribution is 5.81. The smallest absolute Gasteiger partial charge is 0.252 e. The van der Waals surface area contributed by atoms with Crippen LogP contribution in [0, 0.1) is 0 Å². The van der Waals surface area contributed by atoms with Crippen LogP contribution in [0.3, 0.4) is 0 Å². The molecule has 18 heavy (non-hydrogen) atoms. The van der Waals surface area contributed by atoms with E-state index in [-0.39, 0.29) is 18.1 Å². The summed E-state index contributed by atoms with van der Waals surface area (Å²) in [6.45, 7) is 5.48. The number of benzene rings is 1. The van der Waals surface area contributed by atoms with Gasteiger partial charge >= 0.3 is 0 Å². The third-order valence-electron chi connectivity index (χ3n) is 3.31. The maximum Gasteiger partial charge on any atom is 0.252 e. The summed E-state index contributed by atoms with van der Waals surface area (Å²) in [7, 11) is 0. The summed E-state index contributed by atoms with van der Waals surface area (Å²) in [6, 6.07) is 10.3. The lowest BCUT2D eigenvalue weighted by atomic mass is 10.1. The molecule has 1 atom stereocenters. The first-order chi connectivity index (χ1) is 8.68. The minimum Gasteiger partial charge on any atom is -0.368 e. The van der Waals surface area contributed by atoms with Crippen molar-refractivity contribution in [1.29, 1.82) is 0 Å². The first-order valence-electron chi connectivity index (χ1n) is 6.64. The summed E-state index contributed by atoms with van der Waals surface area (Å²) in [4.78, 5) is 14.3. The van der Waals surface area contributed by atoms with Gasteiger partial charge < -0.3 is 9.64 Å². The summed E-state index contributed by atoms with van der Waals surface area (Å²) in [5.41, 5.74) is 1.16. The average molecular weight is 247 g/mol. The van der Waals surface area contributed by atoms with Gasteiger partial charge in [-0.15, -0.1) is 0 Å². The van der Waals surface area contributed by atoms with E-state index in [2.05, 4.69) is 26.0 Å². The van der Waals surface area contributed by atoms with Gasteiger partial charge in [0.05, 0.1) is 0 Å². The molecule has 98 valence electrons. The highest BCUT2D eigenvalue weighted by atomic mass is 16.5. The van der Waals surface area contributed by atoms with Gasteiger partial charge in [0.1, 0.15) is 6.10 Å². The zero-order valence-corrected chi connectivity index (χ0v) is 11.1. The van der Waals surface area contributed by atoms with E-state index < -0.39 is 0 Å². The van der Waals surface area contributed by atoms with Crippen LogP contribution in [0.1, 0.15) is 32.3 Å². The molecule has 0 N–H and O–H groups in total. The van der Waals surface area contributed by atoms with E-state index in [1.54, 1.807) is 0 Å². The molecule has 1 unspecified atom stereocenters. The van der Waals surface area contributed by atoms with Crippen LogP contribution in [-0.4, -0.2) is 29.6 Å². The number of rotatable bonds is 4. The Morgan fingerprint density at radius 2 is 2.11 bits per heavy atom. The second-order valence-electron chi connectivity index (χ2n) is 5.05. The Labute approximate surface area is 109 Å². The van der Waals surface area contributed by atoms with E-state index >= 15 is 0 Å². The molecule has 0 aliphatic carbocycles. The number of carbonyl (C=O) groups excluding carboxylic acids is 1. The van der Waals surface area contributed by atoms with Crippen molar-refractivity contribution in [2.75, 3.05) is 6.61 Å². The quantitative estimate of drug-likeness (QED) is 0.818. The molecule has 0 saturated carbocycles. The van der Waals surface area contributed by atoms with Crippen LogP contribution in [0.4, 0.5) is 0 Å². The van der Waals surface area contributed by atoms with Gasteiger partial charge in [0.25, 0.3) is 5.91 Å². The van der Waals surface area contributed by atoms with Gasteiger partial charge in [-0.2, -0.15) is 0 Å². The summed E-state index contributed by atoms with van der Waals surface area (Å²) < 4.78 is 5.49. The molecule has 1 aliphatic heterocycles. The number of amides is 1. The third-order valence-corrected chi connectivity index (χ3v) is 3.31. The molecule has 3 nitrogen and oxygen atoms in total. The second kappa shape index (κ2) is 6.01. The molecule has 0 bridgehead atoms. The monoisotopic (exact) mass is 247 g/mol. The van der Waals surface area contributed by atoms with Gasteiger partial charge in [0.15, 0.2) is 0 Å². The summed E-state index contributed by atoms with van der Waals surface area (Å²) in [5, 5.41) is 0. The molecule has 0 aromatic heterocycles. The number of hydrogen-bond donors (Lipinski definition) is 0. The van der Waals surface area contributed by atoms with Crippen molar-refractivity contribution >= 4 is 5.91 Å². The van der Waals surface area contributed by atoms with Crippen LogP contribution < -0.4 is 0 Å². The minimum atomic E-state index is -0.226. The molecule has 0 spiro atoms. The van der Waals surface area contributed by atoms with Crippen molar-refractivity contribution in [3.05, 3.63) is 35.9 Å². The van der Waals surface area contributed by atoms with Gasteiger partial charge in [-0.25, -0.2) is 0 Å². The lowest BCUT2D eigenvalue weighted by Crippen LogP contribution is -2.42. The van der Waals surface area contributed by atoms with Gasteiger partial charge in [0.2, 0.25) is 0 Å². The second-order valence-corrected chi connectivity index (χ2v) is 5.05. The van der Waals surface area contributed by atoms with Crippen molar-refractivity contribution < 1.29 is 9.53 Å². The molecule has 1 aliphatic rings. The lowest BCUT2D eigenvalue weighted by molar-refractivity contribution is -0.143. The maximum absolute atomic E-state index is 12.4. The van der Waals surface area contributed by atoms with Gasteiger partial charge in [-0.05, 0) is 32.3 Å². The van der Waals surface area contributed by atoms with Crippen molar-refractivity contribution in [3.63, 3.8) is 0 Å². The Hall–Kier alpha value is -1.35. The molecule has 0 radical (unpaired) electrons. The van der Waals surface area contributed by atoms with Crippen molar-refractivity contribution in [1.82, 2.24) is 4.90 Å². The molecule has 1 aromatic rings. The fourth-order valence-corrected chi connectivity index (χ4v) is 2.25. The van der Waals surface area contributed by atoms with Crippen molar-refractivity contribution in [2.24, 2.45) is 0 Å². The molecule has 1 heterocycles. The van der Waals surface area contributed by atoms with Crippen LogP contribution in [0.25, 0.3) is 0 Å². The van der Waals surface area contributed by atoms with Crippen LogP contribution in [0.15, 0.2) is 30.3 Å². The van der Waals surface area contributed by atoms with Crippen molar-refractivity contribution in [3.8, 4) is 0 Å². The molecular formula is C15H21NO2. The zero-order chi connectivity index (χ0) is 13.0. The molecule has 2 rings (SSSR count). The Kier molecular flexibility index (Phi) is 4.37. The average Bonchev–Trinajstić information content (AvgIpc) is 2.90. The van der Waals surface area contributed by atoms with E-state index in [1.165, 1.54) is 0 Å². The minimum absolute atomic E-state index is 0.131. The summed E-state index contributed by atoms with van der Waals surface area (Å²) >= 11 is 0. The largest absolute Gasteiger partial charge is 0.368 e. The lowest BCUT2D eigenvalue weighted by Gasteiger charge is -2.29. The van der Waals surface area contributed by atoms with E-state index in [4.69, 9.17) is 4.74 Å². The maximum atomic E-state index is 12.4. The first-order valence-corrected chi connectivity index (χ1v) is 6.64. The number of ether oxygens (including phenoxy) is 1. The Morgan fingerprint density at radius 3 is 2.67 bits per heavy atom. The summed E-state index contributed by atoms with van der Waals surface area (Å²) in [6.07, 6.45) is 1.63. The van der Waals surface area contributed by atoms with Crippen LogP contribution in [0.5, 0.6) is 0 Å². The molecular weight excluding hydrogens is 226 g/mol. The predicted molar refractivity (Wildman–Crippen MR) is 71.1 cm³/mol. The molecule has 1 fully saturated rings.